The largest absolute Gasteiger partial charge is 0.348 e. The van der Waals surface area contributed by atoms with Crippen LogP contribution in [0.5, 0.6) is 0 Å². The summed E-state index contributed by atoms with van der Waals surface area (Å²) in [5.74, 6) is 0.168. The predicted molar refractivity (Wildman–Crippen MR) is 63.9 cm³/mol. The zero-order chi connectivity index (χ0) is 11.8. The number of hydrogen-bond donors (Lipinski definition) is 1. The molecule has 0 aliphatic carbocycles. The molecule has 0 aromatic heterocycles. The summed E-state index contributed by atoms with van der Waals surface area (Å²) in [6, 6.07) is 0.508. The van der Waals surface area contributed by atoms with Crippen LogP contribution in [0.4, 0.5) is 0 Å². The lowest BCUT2D eigenvalue weighted by molar-refractivity contribution is -0.129. The average molecular weight is 215 g/mol. The normalized spacial score (nSPS) is 11.1. The van der Waals surface area contributed by atoms with Gasteiger partial charge in [0.05, 0.1) is 6.54 Å². The molecule has 0 bridgehead atoms. The summed E-state index contributed by atoms with van der Waals surface area (Å²) >= 11 is 0. The molecule has 0 atom stereocenters. The van der Waals surface area contributed by atoms with Crippen LogP contribution in [-0.2, 0) is 4.79 Å². The number of nitrogens with zero attached hydrogens (tertiary/aromatic N) is 2. The first kappa shape index (κ1) is 14.4. The van der Waals surface area contributed by atoms with Crippen molar-refractivity contribution in [2.24, 2.45) is 0 Å². The Kier molecular flexibility index (Phi) is 7.34. The van der Waals surface area contributed by atoms with Crippen LogP contribution in [0, 0.1) is 0 Å². The summed E-state index contributed by atoms with van der Waals surface area (Å²) in [7, 11) is 3.59. The first-order valence-electron chi connectivity index (χ1n) is 5.63. The molecule has 0 aliphatic rings. The number of rotatable bonds is 7. The first-order valence-corrected chi connectivity index (χ1v) is 5.63. The zero-order valence-electron chi connectivity index (χ0n) is 10.7. The highest BCUT2D eigenvalue weighted by molar-refractivity contribution is 5.77. The molecule has 1 N–H and O–H groups in total. The average Bonchev–Trinajstić information content (AvgIpc) is 2.15. The van der Waals surface area contributed by atoms with Crippen molar-refractivity contribution in [2.75, 3.05) is 40.3 Å². The Morgan fingerprint density at radius 2 is 1.93 bits per heavy atom. The van der Waals surface area contributed by atoms with Gasteiger partial charge < -0.3 is 10.2 Å². The molecule has 4 nitrogen and oxygen atoms in total. The topological polar surface area (TPSA) is 35.6 Å². The van der Waals surface area contributed by atoms with E-state index >= 15 is 0 Å². The molecule has 0 aliphatic heterocycles. The third kappa shape index (κ3) is 7.33. The van der Waals surface area contributed by atoms with Crippen LogP contribution in [-0.4, -0.2) is 62.0 Å². The SMILES string of the molecule is CCN(CCNC(C)C)CC(=O)N(C)C. The highest BCUT2D eigenvalue weighted by Gasteiger charge is 2.09. The number of likely N-dealkylation sites (N-methyl/N-ethyl adjacent to an activating group) is 2. The Morgan fingerprint density at radius 1 is 1.33 bits per heavy atom. The Hall–Kier alpha value is -0.610. The van der Waals surface area contributed by atoms with E-state index in [4.69, 9.17) is 0 Å². The fraction of sp³-hybridized carbons (Fsp3) is 0.909. The molecule has 0 spiro atoms. The maximum atomic E-state index is 11.5. The fourth-order valence-electron chi connectivity index (χ4n) is 1.19. The molecular formula is C11H25N3O. The minimum Gasteiger partial charge on any atom is -0.348 e. The van der Waals surface area contributed by atoms with Crippen molar-refractivity contribution in [1.82, 2.24) is 15.1 Å². The number of amides is 1. The van der Waals surface area contributed by atoms with Gasteiger partial charge in [-0.05, 0) is 6.54 Å². The van der Waals surface area contributed by atoms with Crippen LogP contribution in [0.2, 0.25) is 0 Å². The van der Waals surface area contributed by atoms with E-state index in [2.05, 4.69) is 31.0 Å². The van der Waals surface area contributed by atoms with E-state index in [0.29, 0.717) is 12.6 Å². The molecule has 0 rings (SSSR count). The smallest absolute Gasteiger partial charge is 0.236 e. The van der Waals surface area contributed by atoms with Crippen molar-refractivity contribution in [3.8, 4) is 0 Å². The van der Waals surface area contributed by atoms with Gasteiger partial charge in [0.1, 0.15) is 0 Å². The number of carbonyl (C=O) groups is 1. The monoisotopic (exact) mass is 215 g/mol. The van der Waals surface area contributed by atoms with Crippen LogP contribution >= 0.6 is 0 Å². The van der Waals surface area contributed by atoms with Crippen molar-refractivity contribution < 1.29 is 4.79 Å². The second kappa shape index (κ2) is 7.65. The quantitative estimate of drug-likeness (QED) is 0.667. The van der Waals surface area contributed by atoms with Gasteiger partial charge in [-0.2, -0.15) is 0 Å². The first-order chi connectivity index (χ1) is 6.97. The minimum atomic E-state index is 0.168. The van der Waals surface area contributed by atoms with Gasteiger partial charge in [-0.1, -0.05) is 20.8 Å². The lowest BCUT2D eigenvalue weighted by Crippen LogP contribution is -2.40. The van der Waals surface area contributed by atoms with E-state index in [0.717, 1.165) is 19.6 Å². The van der Waals surface area contributed by atoms with Gasteiger partial charge in [0.25, 0.3) is 0 Å². The van der Waals surface area contributed by atoms with Gasteiger partial charge in [-0.3, -0.25) is 9.69 Å². The van der Waals surface area contributed by atoms with Crippen LogP contribution < -0.4 is 5.32 Å². The molecule has 4 heteroatoms. The van der Waals surface area contributed by atoms with Gasteiger partial charge >= 0.3 is 0 Å². The van der Waals surface area contributed by atoms with Gasteiger partial charge in [0, 0.05) is 33.2 Å². The standard InChI is InChI=1S/C11H25N3O/c1-6-14(8-7-12-10(2)3)9-11(15)13(4)5/h10,12H,6-9H2,1-5H3. The molecular weight excluding hydrogens is 190 g/mol. The van der Waals surface area contributed by atoms with Crippen molar-refractivity contribution in [2.45, 2.75) is 26.8 Å². The molecule has 15 heavy (non-hydrogen) atoms. The molecule has 90 valence electrons. The highest BCUT2D eigenvalue weighted by Crippen LogP contribution is 1.90. The summed E-state index contributed by atoms with van der Waals surface area (Å²) in [6.07, 6.45) is 0. The van der Waals surface area contributed by atoms with Crippen LogP contribution in [0.25, 0.3) is 0 Å². The van der Waals surface area contributed by atoms with Crippen LogP contribution in [0.1, 0.15) is 20.8 Å². The van der Waals surface area contributed by atoms with Crippen molar-refractivity contribution in [3.05, 3.63) is 0 Å². The van der Waals surface area contributed by atoms with E-state index in [1.54, 1.807) is 19.0 Å². The van der Waals surface area contributed by atoms with E-state index in [1.165, 1.54) is 0 Å². The summed E-state index contributed by atoms with van der Waals surface area (Å²) in [5.41, 5.74) is 0. The van der Waals surface area contributed by atoms with Gasteiger partial charge in [-0.25, -0.2) is 0 Å². The van der Waals surface area contributed by atoms with E-state index in [1.807, 2.05) is 0 Å². The minimum absolute atomic E-state index is 0.168. The molecule has 0 radical (unpaired) electrons. The van der Waals surface area contributed by atoms with Crippen molar-refractivity contribution in [3.63, 3.8) is 0 Å². The fourth-order valence-corrected chi connectivity index (χ4v) is 1.19. The second-order valence-corrected chi connectivity index (χ2v) is 4.27. The lowest BCUT2D eigenvalue weighted by Gasteiger charge is -2.22. The molecule has 0 saturated heterocycles. The third-order valence-electron chi connectivity index (χ3n) is 2.29. The van der Waals surface area contributed by atoms with Gasteiger partial charge in [-0.15, -0.1) is 0 Å². The van der Waals surface area contributed by atoms with Gasteiger partial charge in [0.15, 0.2) is 0 Å². The summed E-state index contributed by atoms with van der Waals surface area (Å²) in [5, 5.41) is 3.35. The Labute approximate surface area is 93.6 Å². The van der Waals surface area contributed by atoms with Crippen molar-refractivity contribution in [1.29, 1.82) is 0 Å². The Morgan fingerprint density at radius 3 is 2.33 bits per heavy atom. The number of nitrogens with one attached hydrogen (secondary N) is 1. The lowest BCUT2D eigenvalue weighted by atomic mass is 10.3. The molecule has 0 unspecified atom stereocenters. The second-order valence-electron chi connectivity index (χ2n) is 4.27. The highest BCUT2D eigenvalue weighted by atomic mass is 16.2. The molecule has 0 heterocycles. The van der Waals surface area contributed by atoms with Crippen molar-refractivity contribution >= 4 is 5.91 Å². The molecule has 0 aromatic carbocycles. The molecule has 1 amide bonds. The van der Waals surface area contributed by atoms with Crippen LogP contribution in [0.15, 0.2) is 0 Å². The maximum absolute atomic E-state index is 11.5. The number of hydrogen-bond acceptors (Lipinski definition) is 3. The Balaban J connectivity index is 3.78. The maximum Gasteiger partial charge on any atom is 0.236 e. The third-order valence-corrected chi connectivity index (χ3v) is 2.29. The summed E-state index contributed by atoms with van der Waals surface area (Å²) < 4.78 is 0. The summed E-state index contributed by atoms with van der Waals surface area (Å²) in [6.45, 7) is 9.63. The van der Waals surface area contributed by atoms with E-state index in [-0.39, 0.29) is 5.91 Å². The number of carbonyl (C=O) groups excluding carboxylic acids is 1. The van der Waals surface area contributed by atoms with Gasteiger partial charge in [0.2, 0.25) is 5.91 Å². The predicted octanol–water partition coefficient (Wildman–Crippen LogP) is 0.395. The molecule has 0 saturated carbocycles. The zero-order valence-corrected chi connectivity index (χ0v) is 10.7. The Bertz CT molecular complexity index is 181. The summed E-state index contributed by atoms with van der Waals surface area (Å²) in [4.78, 5) is 15.3. The van der Waals surface area contributed by atoms with E-state index < -0.39 is 0 Å². The molecule has 0 aromatic rings. The van der Waals surface area contributed by atoms with Crippen LogP contribution in [0.3, 0.4) is 0 Å². The molecule has 0 fully saturated rings. The van der Waals surface area contributed by atoms with E-state index in [9.17, 15) is 4.79 Å².